The van der Waals surface area contributed by atoms with Gasteiger partial charge >= 0.3 is 17.6 Å². The first-order chi connectivity index (χ1) is 17.3. The van der Waals surface area contributed by atoms with Crippen LogP contribution in [0.15, 0.2) is 0 Å². The van der Waals surface area contributed by atoms with E-state index in [4.69, 9.17) is 31.3 Å². The molecule has 3 rings (SSSR count). The molecular weight excluding hydrogens is 512 g/mol. The summed E-state index contributed by atoms with van der Waals surface area (Å²) in [4.78, 5) is 0. The van der Waals surface area contributed by atoms with Gasteiger partial charge in [-0.2, -0.15) is 0 Å². The average Bonchev–Trinajstić information content (AvgIpc) is 3.72. The highest BCUT2D eigenvalue weighted by Crippen LogP contribution is 2.41. The fourth-order valence-corrected chi connectivity index (χ4v) is 9.22. The van der Waals surface area contributed by atoms with Crippen LogP contribution < -0.4 is 11.1 Å². The minimum Gasteiger partial charge on any atom is -0.391 e. The smallest absolute Gasteiger partial charge is 0.391 e. The summed E-state index contributed by atoms with van der Waals surface area (Å²) in [5.74, 6) is 1.07. The molecular formula is C25H58N2O8Si2. The molecule has 0 aromatic carbocycles. The Hall–Kier alpha value is 0.0338. The molecule has 3 aliphatic rings. The third-order valence-corrected chi connectivity index (χ3v) is 13.5. The van der Waals surface area contributed by atoms with Gasteiger partial charge in [-0.25, -0.2) is 0 Å². The molecule has 4 N–H and O–H groups in total. The molecule has 12 heteroatoms. The first-order valence-corrected chi connectivity index (χ1v) is 17.1. The second-order valence-electron chi connectivity index (χ2n) is 9.64. The zero-order valence-electron chi connectivity index (χ0n) is 23.9. The topological polar surface area (TPSA) is 126 Å². The fourth-order valence-electron chi connectivity index (χ4n) is 5.50. The maximum Gasteiger partial charge on any atom is 0.500 e. The van der Waals surface area contributed by atoms with E-state index >= 15 is 0 Å². The predicted octanol–water partition coefficient (Wildman–Crippen LogP) is 3.04. The molecule has 1 aliphatic heterocycles. The predicted molar refractivity (Wildman–Crippen MR) is 151 cm³/mol. The Labute approximate surface area is 228 Å². The van der Waals surface area contributed by atoms with Crippen LogP contribution in [0.25, 0.3) is 0 Å². The van der Waals surface area contributed by atoms with Gasteiger partial charge < -0.3 is 47.4 Å². The highest BCUT2D eigenvalue weighted by Gasteiger charge is 2.45. The first kappa shape index (κ1) is 37.0. The van der Waals surface area contributed by atoms with Crippen LogP contribution in [0.5, 0.6) is 0 Å². The number of hydrogen-bond donors (Lipinski definition) is 3. The van der Waals surface area contributed by atoms with Crippen molar-refractivity contribution in [2.75, 3.05) is 56.8 Å². The molecule has 0 bridgehead atoms. The Morgan fingerprint density at radius 1 is 0.784 bits per heavy atom. The molecule has 224 valence electrons. The summed E-state index contributed by atoms with van der Waals surface area (Å²) in [7, 11) is 8.50. The molecule has 37 heavy (non-hydrogen) atoms. The van der Waals surface area contributed by atoms with E-state index in [1.54, 1.807) is 42.7 Å². The van der Waals surface area contributed by atoms with E-state index < -0.39 is 17.6 Å². The summed E-state index contributed by atoms with van der Waals surface area (Å²) >= 11 is 0. The van der Waals surface area contributed by atoms with Gasteiger partial charge in [0.25, 0.3) is 0 Å². The Kier molecular flexibility index (Phi) is 19.2. The van der Waals surface area contributed by atoms with Crippen molar-refractivity contribution < 1.29 is 36.4 Å². The molecule has 0 amide bonds. The number of hydrogen-bond acceptors (Lipinski definition) is 10. The van der Waals surface area contributed by atoms with Crippen molar-refractivity contribution in [3.8, 4) is 0 Å². The van der Waals surface area contributed by atoms with Crippen molar-refractivity contribution in [1.29, 1.82) is 0 Å². The van der Waals surface area contributed by atoms with Gasteiger partial charge in [0.15, 0.2) is 0 Å². The monoisotopic (exact) mass is 570 g/mol. The Morgan fingerprint density at radius 2 is 1.30 bits per heavy atom. The Bertz CT molecular complexity index is 556. The zero-order valence-corrected chi connectivity index (χ0v) is 25.9. The van der Waals surface area contributed by atoms with Crippen molar-refractivity contribution in [2.24, 2.45) is 17.6 Å². The van der Waals surface area contributed by atoms with Crippen LogP contribution in [-0.4, -0.2) is 104 Å². The second-order valence-corrected chi connectivity index (χ2v) is 15.8. The van der Waals surface area contributed by atoms with Crippen molar-refractivity contribution >= 4 is 17.6 Å². The van der Waals surface area contributed by atoms with E-state index in [1.807, 2.05) is 7.05 Å². The molecule has 0 spiro atoms. The van der Waals surface area contributed by atoms with Gasteiger partial charge in [0, 0.05) is 60.8 Å². The SMILES string of the molecule is C.CN.CNC1CCCC(CC[Si](OC)(OC)OC)C1O.CO[Si](CCC1CCC2OC2C1)(OC)OC. The highest BCUT2D eigenvalue weighted by atomic mass is 28.4. The van der Waals surface area contributed by atoms with E-state index in [0.717, 1.165) is 50.1 Å². The van der Waals surface area contributed by atoms with E-state index in [2.05, 4.69) is 11.1 Å². The summed E-state index contributed by atoms with van der Waals surface area (Å²) in [6.45, 7) is 0. The van der Waals surface area contributed by atoms with Gasteiger partial charge in [-0.1, -0.05) is 13.8 Å². The second kappa shape index (κ2) is 19.2. The maximum atomic E-state index is 10.3. The minimum absolute atomic E-state index is 0. The van der Waals surface area contributed by atoms with Gasteiger partial charge in [0.1, 0.15) is 0 Å². The number of ether oxygens (including phenoxy) is 1. The fraction of sp³-hybridized carbons (Fsp3) is 1.00. The number of aliphatic hydroxyl groups excluding tert-OH is 1. The largest absolute Gasteiger partial charge is 0.500 e. The van der Waals surface area contributed by atoms with Crippen molar-refractivity contribution in [3.05, 3.63) is 0 Å². The van der Waals surface area contributed by atoms with Crippen LogP contribution >= 0.6 is 0 Å². The molecule has 1 saturated heterocycles. The lowest BCUT2D eigenvalue weighted by atomic mass is 9.81. The molecule has 0 aromatic rings. The number of epoxide rings is 1. The van der Waals surface area contributed by atoms with Crippen molar-refractivity contribution in [1.82, 2.24) is 5.32 Å². The number of rotatable bonds is 13. The van der Waals surface area contributed by atoms with Gasteiger partial charge in [0.2, 0.25) is 0 Å². The zero-order chi connectivity index (χ0) is 27.2. The van der Waals surface area contributed by atoms with Gasteiger partial charge in [-0.05, 0) is 70.9 Å². The summed E-state index contributed by atoms with van der Waals surface area (Å²) in [6.07, 6.45) is 9.90. The number of nitrogens with two attached hydrogens (primary N) is 1. The molecule has 6 unspecified atom stereocenters. The van der Waals surface area contributed by atoms with Crippen LogP contribution in [-0.2, 0) is 31.3 Å². The summed E-state index contributed by atoms with van der Waals surface area (Å²) in [5.41, 5.74) is 4.50. The van der Waals surface area contributed by atoms with Gasteiger partial charge in [-0.3, -0.25) is 0 Å². The van der Waals surface area contributed by atoms with E-state index in [9.17, 15) is 5.11 Å². The van der Waals surface area contributed by atoms with Crippen molar-refractivity contribution in [2.45, 2.75) is 95.2 Å². The highest BCUT2D eigenvalue weighted by molar-refractivity contribution is 6.60. The third-order valence-electron chi connectivity index (χ3n) is 8.01. The molecule has 6 atom stereocenters. The van der Waals surface area contributed by atoms with Crippen LogP contribution in [0.4, 0.5) is 0 Å². The molecule has 1 heterocycles. The standard InChI is InChI=1S/C12H27NO4Si.C11H22O4Si.CH5N.CH4/c1-13-11-7-5-6-10(12(11)14)8-9-18(15-2,16-3)17-4;1-12-16(13-2,14-3)7-6-9-4-5-10-11(8-9)15-10;1-2;/h10-14H,5-9H2,1-4H3;9-11H,4-8H2,1-3H3;2H2,1H3;1H4. The van der Waals surface area contributed by atoms with E-state index in [1.165, 1.54) is 26.3 Å². The number of likely N-dealkylation sites (N-methyl/N-ethyl adjacent to an activating group) is 1. The van der Waals surface area contributed by atoms with Crippen LogP contribution in [0.2, 0.25) is 12.1 Å². The summed E-state index contributed by atoms with van der Waals surface area (Å²) < 4.78 is 38.1. The lowest BCUT2D eigenvalue weighted by Crippen LogP contribution is -2.47. The van der Waals surface area contributed by atoms with Crippen molar-refractivity contribution in [3.63, 3.8) is 0 Å². The maximum absolute atomic E-state index is 10.3. The summed E-state index contributed by atoms with van der Waals surface area (Å²) in [5, 5.41) is 13.5. The number of fused-ring (bicyclic) bond motifs is 1. The molecule has 2 saturated carbocycles. The Morgan fingerprint density at radius 3 is 1.76 bits per heavy atom. The van der Waals surface area contributed by atoms with E-state index in [0.29, 0.717) is 18.1 Å². The lowest BCUT2D eigenvalue weighted by molar-refractivity contribution is 0.0348. The quantitative estimate of drug-likeness (QED) is 0.225. The van der Waals surface area contributed by atoms with Crippen LogP contribution in [0.1, 0.15) is 58.8 Å². The van der Waals surface area contributed by atoms with Gasteiger partial charge in [-0.15, -0.1) is 0 Å². The van der Waals surface area contributed by atoms with Crippen LogP contribution in [0.3, 0.4) is 0 Å². The average molecular weight is 571 g/mol. The molecule has 0 radical (unpaired) electrons. The Balaban J connectivity index is 0.000000643. The minimum atomic E-state index is -2.49. The van der Waals surface area contributed by atoms with E-state index in [-0.39, 0.29) is 19.6 Å². The summed E-state index contributed by atoms with van der Waals surface area (Å²) in [6, 6.07) is 1.89. The van der Waals surface area contributed by atoms with Gasteiger partial charge in [0.05, 0.1) is 18.3 Å². The van der Waals surface area contributed by atoms with Crippen LogP contribution in [0, 0.1) is 11.8 Å². The molecule has 3 fully saturated rings. The molecule has 0 aromatic heterocycles. The number of aliphatic hydroxyl groups is 1. The lowest BCUT2D eigenvalue weighted by Gasteiger charge is -2.36. The number of nitrogens with one attached hydrogen (secondary N) is 1. The normalized spacial score (nSPS) is 29.0. The molecule has 2 aliphatic carbocycles. The first-order valence-electron chi connectivity index (χ1n) is 13.2. The third kappa shape index (κ3) is 11.2. The molecule has 10 nitrogen and oxygen atoms in total.